The molecule has 0 radical (unpaired) electrons. The van der Waals surface area contributed by atoms with Crippen molar-refractivity contribution in [2.24, 2.45) is 5.84 Å². The van der Waals surface area contributed by atoms with Crippen molar-refractivity contribution in [1.82, 2.24) is 15.4 Å². The number of carbonyl (C=O) groups is 2. The number of aromatic nitrogens is 3. The van der Waals surface area contributed by atoms with Crippen LogP contribution in [0.25, 0.3) is 0 Å². The Morgan fingerprint density at radius 1 is 0.854 bits per heavy atom. The number of aromatic amines is 1. The SMILES string of the molecule is NNc1cn[nH]n1.O.O=C1OC2(c3ccc(O)cc3Oc3cc(O)ccc32)c2ccccc21.O=Cc1ccccc1. The fraction of sp³-hybridized carbons (Fsp3) is 0.0345. The van der Waals surface area contributed by atoms with Crippen molar-refractivity contribution in [1.29, 1.82) is 0 Å². The molecule has 5 aromatic rings. The monoisotopic (exact) mass is 555 g/mol. The molecule has 0 aliphatic carbocycles. The minimum atomic E-state index is -1.17. The number of nitrogens with zero attached hydrogens (tertiary/aromatic N) is 2. The molecule has 7 rings (SSSR count). The van der Waals surface area contributed by atoms with Gasteiger partial charge in [0, 0.05) is 34.4 Å². The summed E-state index contributed by atoms with van der Waals surface area (Å²) < 4.78 is 11.8. The van der Waals surface area contributed by atoms with E-state index in [4.69, 9.17) is 15.3 Å². The van der Waals surface area contributed by atoms with Gasteiger partial charge in [-0.1, -0.05) is 48.5 Å². The van der Waals surface area contributed by atoms with Gasteiger partial charge in [-0.3, -0.25) is 4.79 Å². The topological polar surface area (TPSA) is 204 Å². The quantitative estimate of drug-likeness (QED) is 0.0928. The second kappa shape index (κ2) is 12.0. The van der Waals surface area contributed by atoms with Crippen LogP contribution < -0.4 is 16.0 Å². The van der Waals surface area contributed by atoms with E-state index in [0.29, 0.717) is 39.6 Å². The maximum atomic E-state index is 12.5. The summed E-state index contributed by atoms with van der Waals surface area (Å²) in [6.45, 7) is 0. The number of rotatable bonds is 2. The molecule has 208 valence electrons. The molecule has 0 atom stereocenters. The van der Waals surface area contributed by atoms with Crippen LogP contribution in [0.5, 0.6) is 23.0 Å². The lowest BCUT2D eigenvalue weighted by atomic mass is 9.77. The standard InChI is InChI=1S/C20H12O5.C7H6O.C2H5N5.H2O/c21-11-5-7-15-17(9-11)24-18-10-12(22)6-8-16(18)20(15)14-4-2-1-3-13(14)19(23)25-20;8-6-7-4-2-1-3-5-7;3-5-2-1-4-7-6-2;/h1-10,21-22H;1-6H;1H,3H2,(H2,4,5,6,7);1H2. The first-order valence-corrected chi connectivity index (χ1v) is 12.0. The maximum Gasteiger partial charge on any atom is 0.340 e. The Balaban J connectivity index is 0.000000199. The van der Waals surface area contributed by atoms with Crippen LogP contribution >= 0.6 is 0 Å². The van der Waals surface area contributed by atoms with Crippen LogP contribution in [0.1, 0.15) is 37.4 Å². The zero-order valence-electron chi connectivity index (χ0n) is 21.3. The molecule has 2 aliphatic rings. The summed E-state index contributed by atoms with van der Waals surface area (Å²) in [5.74, 6) is 5.87. The second-order valence-electron chi connectivity index (χ2n) is 8.61. The molecule has 0 saturated carbocycles. The average Bonchev–Trinajstić information content (AvgIpc) is 3.61. The molecule has 4 aromatic carbocycles. The zero-order valence-corrected chi connectivity index (χ0v) is 21.3. The molecule has 0 unspecified atom stereocenters. The van der Waals surface area contributed by atoms with Crippen LogP contribution in [0.3, 0.4) is 0 Å². The Morgan fingerprint density at radius 2 is 1.46 bits per heavy atom. The van der Waals surface area contributed by atoms with Crippen LogP contribution in [0.15, 0.2) is 97.2 Å². The second-order valence-corrected chi connectivity index (χ2v) is 8.61. The number of nitrogens with two attached hydrogens (primary N) is 1. The third-order valence-electron chi connectivity index (χ3n) is 6.18. The molecule has 8 N–H and O–H groups in total. The molecular formula is C29H25N5O7. The van der Waals surface area contributed by atoms with Gasteiger partial charge in [0.15, 0.2) is 11.4 Å². The molecule has 0 saturated heterocycles. The lowest BCUT2D eigenvalue weighted by Crippen LogP contribution is -2.32. The predicted molar refractivity (Wildman–Crippen MR) is 148 cm³/mol. The van der Waals surface area contributed by atoms with Crippen molar-refractivity contribution < 1.29 is 34.8 Å². The first-order valence-electron chi connectivity index (χ1n) is 12.0. The van der Waals surface area contributed by atoms with E-state index in [2.05, 4.69) is 20.8 Å². The van der Waals surface area contributed by atoms with E-state index in [0.717, 1.165) is 11.8 Å². The van der Waals surface area contributed by atoms with Crippen molar-refractivity contribution in [2.45, 2.75) is 5.60 Å². The lowest BCUT2D eigenvalue weighted by Gasteiger charge is -2.36. The van der Waals surface area contributed by atoms with E-state index in [-0.39, 0.29) is 17.0 Å². The number of nitrogen functional groups attached to an aromatic ring is 1. The Bertz CT molecular complexity index is 1610. The van der Waals surface area contributed by atoms with Crippen molar-refractivity contribution >= 4 is 18.1 Å². The van der Waals surface area contributed by atoms with Gasteiger partial charge in [0.1, 0.15) is 29.3 Å². The van der Waals surface area contributed by atoms with Crippen LogP contribution in [0.4, 0.5) is 5.82 Å². The third-order valence-corrected chi connectivity index (χ3v) is 6.18. The molecule has 12 nitrogen and oxygen atoms in total. The van der Waals surface area contributed by atoms with E-state index in [9.17, 15) is 19.8 Å². The predicted octanol–water partition coefficient (Wildman–Crippen LogP) is 3.43. The number of anilines is 1. The molecule has 0 amide bonds. The Hall–Kier alpha value is -5.72. The number of esters is 1. The lowest BCUT2D eigenvalue weighted by molar-refractivity contribution is 0.0224. The highest BCUT2D eigenvalue weighted by Crippen LogP contribution is 2.56. The van der Waals surface area contributed by atoms with Gasteiger partial charge in [-0.25, -0.2) is 10.6 Å². The van der Waals surface area contributed by atoms with Gasteiger partial charge in [-0.2, -0.15) is 10.3 Å². The molecule has 3 heterocycles. The molecule has 1 aromatic heterocycles. The first-order chi connectivity index (χ1) is 19.5. The number of aldehydes is 1. The fourth-order valence-corrected chi connectivity index (χ4v) is 4.46. The number of phenols is 2. The summed E-state index contributed by atoms with van der Waals surface area (Å²) >= 11 is 0. The van der Waals surface area contributed by atoms with Crippen molar-refractivity contribution in [3.05, 3.63) is 125 Å². The number of hydrogen-bond acceptors (Lipinski definition) is 10. The smallest absolute Gasteiger partial charge is 0.340 e. The summed E-state index contributed by atoms with van der Waals surface area (Å²) in [4.78, 5) is 22.5. The van der Waals surface area contributed by atoms with Gasteiger partial charge in [0.05, 0.1) is 11.8 Å². The van der Waals surface area contributed by atoms with Gasteiger partial charge in [0.2, 0.25) is 0 Å². The number of phenolic OH excluding ortho intramolecular Hbond substituents is 2. The maximum absolute atomic E-state index is 12.5. The minimum Gasteiger partial charge on any atom is -0.508 e. The normalized spacial score (nSPS) is 12.8. The number of hydrogen-bond donors (Lipinski definition) is 5. The summed E-state index contributed by atoms with van der Waals surface area (Å²) in [7, 11) is 0. The van der Waals surface area contributed by atoms with E-state index in [1.807, 2.05) is 30.3 Å². The van der Waals surface area contributed by atoms with E-state index in [1.54, 1.807) is 36.4 Å². The average molecular weight is 556 g/mol. The largest absolute Gasteiger partial charge is 0.508 e. The number of carbonyl (C=O) groups excluding carboxylic acids is 2. The summed E-state index contributed by atoms with van der Waals surface area (Å²) in [5.41, 5.74) is 4.31. The molecule has 0 bridgehead atoms. The number of hydrazine groups is 1. The minimum absolute atomic E-state index is 0. The number of fused-ring (bicyclic) bond motifs is 6. The van der Waals surface area contributed by atoms with Gasteiger partial charge in [-0.05, 0) is 30.3 Å². The molecular weight excluding hydrogens is 530 g/mol. The Labute approximate surface area is 233 Å². The fourth-order valence-electron chi connectivity index (χ4n) is 4.46. The van der Waals surface area contributed by atoms with Gasteiger partial charge in [-0.15, -0.1) is 5.10 Å². The van der Waals surface area contributed by atoms with Crippen molar-refractivity contribution in [3.63, 3.8) is 0 Å². The first kappa shape index (κ1) is 28.3. The number of nitrogens with one attached hydrogen (secondary N) is 2. The van der Waals surface area contributed by atoms with Crippen LogP contribution in [-0.4, -0.2) is 43.4 Å². The van der Waals surface area contributed by atoms with E-state index in [1.165, 1.54) is 30.5 Å². The summed E-state index contributed by atoms with van der Waals surface area (Å²) in [5, 5.41) is 29.1. The van der Waals surface area contributed by atoms with E-state index < -0.39 is 11.6 Å². The number of benzene rings is 4. The van der Waals surface area contributed by atoms with Crippen molar-refractivity contribution in [3.8, 4) is 23.0 Å². The number of aromatic hydroxyl groups is 2. The summed E-state index contributed by atoms with van der Waals surface area (Å²) in [6, 6.07) is 25.7. The van der Waals surface area contributed by atoms with Crippen LogP contribution in [0.2, 0.25) is 0 Å². The highest BCUT2D eigenvalue weighted by molar-refractivity contribution is 5.97. The third kappa shape index (κ3) is 5.41. The number of H-pyrrole nitrogens is 1. The number of ether oxygens (including phenoxy) is 2. The van der Waals surface area contributed by atoms with Crippen LogP contribution in [0, 0.1) is 0 Å². The zero-order chi connectivity index (χ0) is 28.1. The molecule has 0 fully saturated rings. The molecule has 41 heavy (non-hydrogen) atoms. The Morgan fingerprint density at radius 3 is 1.98 bits per heavy atom. The Kier molecular flexibility index (Phi) is 8.27. The van der Waals surface area contributed by atoms with E-state index >= 15 is 0 Å². The molecule has 2 aliphatic heterocycles. The van der Waals surface area contributed by atoms with Gasteiger partial charge < -0.3 is 30.6 Å². The van der Waals surface area contributed by atoms with Gasteiger partial charge >= 0.3 is 5.97 Å². The van der Waals surface area contributed by atoms with Gasteiger partial charge in [0.25, 0.3) is 0 Å². The molecule has 1 spiro atoms. The highest BCUT2D eigenvalue weighted by Gasteiger charge is 2.53. The molecule has 12 heteroatoms. The van der Waals surface area contributed by atoms with Crippen LogP contribution in [-0.2, 0) is 10.3 Å². The highest BCUT2D eigenvalue weighted by atomic mass is 16.6. The summed E-state index contributed by atoms with van der Waals surface area (Å²) in [6.07, 6.45) is 2.32. The van der Waals surface area contributed by atoms with Crippen molar-refractivity contribution in [2.75, 3.05) is 5.43 Å².